The highest BCUT2D eigenvalue weighted by Gasteiger charge is 2.37. The molecule has 2 rings (SSSR count). The third kappa shape index (κ3) is 3.48. The van der Waals surface area contributed by atoms with E-state index in [1.807, 2.05) is 0 Å². The number of nitrogens with one attached hydrogen (secondary N) is 1. The molecule has 0 aromatic rings. The van der Waals surface area contributed by atoms with Gasteiger partial charge >= 0.3 is 0 Å². The van der Waals surface area contributed by atoms with E-state index in [4.69, 9.17) is 0 Å². The van der Waals surface area contributed by atoms with Crippen molar-refractivity contribution >= 4 is 0 Å². The Morgan fingerprint density at radius 2 is 2.06 bits per heavy atom. The van der Waals surface area contributed by atoms with Gasteiger partial charge in [0.15, 0.2) is 0 Å². The molecule has 1 N–H and O–H groups in total. The van der Waals surface area contributed by atoms with Crippen LogP contribution in [0.3, 0.4) is 0 Å². The highest BCUT2D eigenvalue weighted by molar-refractivity contribution is 4.90. The molecule has 0 amide bonds. The van der Waals surface area contributed by atoms with E-state index < -0.39 is 0 Å². The minimum Gasteiger partial charge on any atom is -0.314 e. The number of rotatable bonds is 4. The fourth-order valence-electron chi connectivity index (χ4n) is 3.67. The van der Waals surface area contributed by atoms with Crippen LogP contribution in [0.15, 0.2) is 0 Å². The zero-order valence-electron chi connectivity index (χ0n) is 12.7. The summed E-state index contributed by atoms with van der Waals surface area (Å²) in [6.07, 6.45) is 8.42. The van der Waals surface area contributed by atoms with Crippen molar-refractivity contribution in [2.45, 2.75) is 65.3 Å². The van der Waals surface area contributed by atoms with Gasteiger partial charge in [-0.2, -0.15) is 0 Å². The Bertz CT molecular complexity index is 242. The van der Waals surface area contributed by atoms with Crippen LogP contribution < -0.4 is 5.32 Å². The van der Waals surface area contributed by atoms with E-state index in [9.17, 15) is 0 Å². The third-order valence-corrected chi connectivity index (χ3v) is 5.33. The molecule has 2 heteroatoms. The molecule has 0 spiro atoms. The molecule has 0 bridgehead atoms. The Morgan fingerprint density at radius 3 is 2.61 bits per heavy atom. The lowest BCUT2D eigenvalue weighted by Crippen LogP contribution is -2.48. The molecule has 1 aliphatic heterocycles. The van der Waals surface area contributed by atoms with E-state index in [-0.39, 0.29) is 0 Å². The van der Waals surface area contributed by atoms with Gasteiger partial charge in [0.1, 0.15) is 0 Å². The molecule has 0 aromatic carbocycles. The van der Waals surface area contributed by atoms with Crippen LogP contribution in [-0.4, -0.2) is 37.1 Å². The molecule has 1 saturated heterocycles. The Morgan fingerprint density at radius 1 is 1.28 bits per heavy atom. The fourth-order valence-corrected chi connectivity index (χ4v) is 3.67. The molecular weight excluding hydrogens is 220 g/mol. The van der Waals surface area contributed by atoms with E-state index in [1.54, 1.807) is 0 Å². The van der Waals surface area contributed by atoms with Crippen molar-refractivity contribution in [3.63, 3.8) is 0 Å². The van der Waals surface area contributed by atoms with Crippen molar-refractivity contribution in [2.75, 3.05) is 26.2 Å². The second kappa shape index (κ2) is 6.38. The van der Waals surface area contributed by atoms with Crippen molar-refractivity contribution in [1.29, 1.82) is 0 Å². The van der Waals surface area contributed by atoms with Crippen LogP contribution in [0.1, 0.15) is 59.3 Å². The van der Waals surface area contributed by atoms with Crippen LogP contribution in [0.25, 0.3) is 0 Å². The quantitative estimate of drug-likeness (QED) is 0.826. The lowest BCUT2D eigenvalue weighted by Gasteiger charge is -2.46. The van der Waals surface area contributed by atoms with Crippen molar-refractivity contribution in [2.24, 2.45) is 11.3 Å². The third-order valence-electron chi connectivity index (χ3n) is 5.33. The molecule has 2 atom stereocenters. The van der Waals surface area contributed by atoms with E-state index in [2.05, 4.69) is 31.0 Å². The van der Waals surface area contributed by atoms with Crippen molar-refractivity contribution in [3.8, 4) is 0 Å². The molecule has 18 heavy (non-hydrogen) atoms. The highest BCUT2D eigenvalue weighted by Crippen LogP contribution is 2.44. The second-order valence-electron chi connectivity index (χ2n) is 6.85. The predicted molar refractivity (Wildman–Crippen MR) is 78.9 cm³/mol. The first-order valence-corrected chi connectivity index (χ1v) is 8.13. The Hall–Kier alpha value is -0.0800. The summed E-state index contributed by atoms with van der Waals surface area (Å²) in [5, 5.41) is 3.72. The molecule has 106 valence electrons. The van der Waals surface area contributed by atoms with Gasteiger partial charge in [-0.25, -0.2) is 0 Å². The average Bonchev–Trinajstić information content (AvgIpc) is 2.30. The minimum absolute atomic E-state index is 0.689. The van der Waals surface area contributed by atoms with Crippen LogP contribution in [0.4, 0.5) is 0 Å². The summed E-state index contributed by atoms with van der Waals surface area (Å²) in [6, 6.07) is 0.745. The van der Waals surface area contributed by atoms with E-state index >= 15 is 0 Å². The Kier molecular flexibility index (Phi) is 5.08. The summed E-state index contributed by atoms with van der Waals surface area (Å²) >= 11 is 0. The largest absolute Gasteiger partial charge is 0.314 e. The Labute approximate surface area is 114 Å². The van der Waals surface area contributed by atoms with Gasteiger partial charge in [-0.05, 0) is 56.5 Å². The average molecular weight is 252 g/mol. The summed E-state index contributed by atoms with van der Waals surface area (Å²) in [4.78, 5) is 2.77. The van der Waals surface area contributed by atoms with Gasteiger partial charge in [-0.15, -0.1) is 0 Å². The maximum absolute atomic E-state index is 3.72. The van der Waals surface area contributed by atoms with E-state index in [0.717, 1.165) is 12.0 Å². The summed E-state index contributed by atoms with van der Waals surface area (Å²) in [6.45, 7) is 12.3. The molecule has 0 radical (unpaired) electrons. The zero-order chi connectivity index (χ0) is 13.0. The first-order chi connectivity index (χ1) is 8.67. The maximum Gasteiger partial charge on any atom is 0.00767 e. The summed E-state index contributed by atoms with van der Waals surface area (Å²) in [7, 11) is 0. The molecule has 1 heterocycles. The standard InChI is InChI=1S/C16H32N2/c1-4-15-7-10-18(12-14(3)11-17-15)13-16(5-2)8-6-9-16/h14-15,17H,4-13H2,1-3H3. The Balaban J connectivity index is 1.89. The number of nitrogens with zero attached hydrogens (tertiary/aromatic N) is 1. The lowest BCUT2D eigenvalue weighted by molar-refractivity contribution is 0.0495. The SMILES string of the molecule is CCC1CCN(CC2(CC)CCC2)CC(C)CN1. The van der Waals surface area contributed by atoms with E-state index in [0.29, 0.717) is 5.41 Å². The molecule has 2 nitrogen and oxygen atoms in total. The molecule has 0 aromatic heterocycles. The van der Waals surface area contributed by atoms with Gasteiger partial charge in [0, 0.05) is 19.1 Å². The molecule has 2 aliphatic rings. The second-order valence-corrected chi connectivity index (χ2v) is 6.85. The van der Waals surface area contributed by atoms with Crippen LogP contribution in [-0.2, 0) is 0 Å². The smallest absolute Gasteiger partial charge is 0.00767 e. The van der Waals surface area contributed by atoms with Crippen molar-refractivity contribution in [1.82, 2.24) is 10.2 Å². The molecule has 1 saturated carbocycles. The molecule has 2 unspecified atom stereocenters. The van der Waals surface area contributed by atoms with Crippen LogP contribution >= 0.6 is 0 Å². The van der Waals surface area contributed by atoms with Gasteiger partial charge in [0.25, 0.3) is 0 Å². The normalized spacial score (nSPS) is 33.5. The number of hydrogen-bond acceptors (Lipinski definition) is 2. The van der Waals surface area contributed by atoms with Gasteiger partial charge in [-0.3, -0.25) is 0 Å². The van der Waals surface area contributed by atoms with E-state index in [1.165, 1.54) is 64.7 Å². The van der Waals surface area contributed by atoms with Crippen LogP contribution in [0.2, 0.25) is 0 Å². The van der Waals surface area contributed by atoms with Crippen molar-refractivity contribution in [3.05, 3.63) is 0 Å². The van der Waals surface area contributed by atoms with Crippen LogP contribution in [0, 0.1) is 11.3 Å². The summed E-state index contributed by atoms with van der Waals surface area (Å²) in [5.74, 6) is 0.799. The maximum atomic E-state index is 3.72. The highest BCUT2D eigenvalue weighted by atomic mass is 15.1. The number of hydrogen-bond donors (Lipinski definition) is 1. The lowest BCUT2D eigenvalue weighted by atomic mass is 9.66. The topological polar surface area (TPSA) is 15.3 Å². The first-order valence-electron chi connectivity index (χ1n) is 8.13. The van der Waals surface area contributed by atoms with Gasteiger partial charge in [0.2, 0.25) is 0 Å². The van der Waals surface area contributed by atoms with Crippen LogP contribution in [0.5, 0.6) is 0 Å². The summed E-state index contributed by atoms with van der Waals surface area (Å²) < 4.78 is 0. The predicted octanol–water partition coefficient (Wildman–Crippen LogP) is 3.28. The minimum atomic E-state index is 0.689. The molecule has 1 aliphatic carbocycles. The monoisotopic (exact) mass is 252 g/mol. The van der Waals surface area contributed by atoms with Gasteiger partial charge in [-0.1, -0.05) is 27.2 Å². The van der Waals surface area contributed by atoms with Gasteiger partial charge in [0.05, 0.1) is 0 Å². The zero-order valence-corrected chi connectivity index (χ0v) is 12.7. The fraction of sp³-hybridized carbons (Fsp3) is 1.00. The van der Waals surface area contributed by atoms with Crippen molar-refractivity contribution < 1.29 is 0 Å². The van der Waals surface area contributed by atoms with Gasteiger partial charge < -0.3 is 10.2 Å². The molecule has 2 fully saturated rings. The summed E-state index contributed by atoms with van der Waals surface area (Å²) in [5.41, 5.74) is 0.689. The first kappa shape index (κ1) is 14.3. The molecular formula is C16H32N2.